The molecule has 49 heavy (non-hydrogen) atoms. The van der Waals surface area contributed by atoms with Gasteiger partial charge in [-0.1, -0.05) is 68.5 Å². The van der Waals surface area contributed by atoms with Gasteiger partial charge in [0.25, 0.3) is 0 Å². The highest BCUT2D eigenvalue weighted by atomic mass is 16.6. The molecule has 5 rings (SSSR count). The van der Waals surface area contributed by atoms with E-state index < -0.39 is 36.3 Å². The molecule has 2 aromatic carbocycles. The molecule has 0 aromatic heterocycles. The number of fused-ring (bicyclic) bond motifs is 1. The second kappa shape index (κ2) is 19.2. The first-order valence-corrected chi connectivity index (χ1v) is 18.1. The molecule has 270 valence electrons. The Bertz CT molecular complexity index is 1300. The van der Waals surface area contributed by atoms with Crippen LogP contribution in [0.5, 0.6) is 5.75 Å². The lowest BCUT2D eigenvalue weighted by Crippen LogP contribution is -2.47. The summed E-state index contributed by atoms with van der Waals surface area (Å²) in [4.78, 5) is 29.1. The molecule has 1 aliphatic heterocycles. The molecule has 2 amide bonds. The van der Waals surface area contributed by atoms with Gasteiger partial charge < -0.3 is 39.8 Å². The number of rotatable bonds is 17. The predicted octanol–water partition coefficient (Wildman–Crippen LogP) is 3.79. The molecule has 2 aliphatic carbocycles. The number of methoxy groups -OCH3 is 1. The highest BCUT2D eigenvalue weighted by Crippen LogP contribution is 2.33. The minimum atomic E-state index is -0.990. The van der Waals surface area contributed by atoms with E-state index in [1.807, 2.05) is 48.5 Å². The van der Waals surface area contributed by atoms with Crippen LogP contribution in [0.2, 0.25) is 0 Å². The molecule has 1 saturated carbocycles. The van der Waals surface area contributed by atoms with Crippen LogP contribution in [-0.4, -0.2) is 105 Å². The van der Waals surface area contributed by atoms with Crippen LogP contribution in [0.15, 0.2) is 48.5 Å². The molecule has 0 spiro atoms. The van der Waals surface area contributed by atoms with Crippen LogP contribution < -0.4 is 15.4 Å². The van der Waals surface area contributed by atoms with Crippen LogP contribution in [0.4, 0.5) is 4.79 Å². The molecule has 0 bridgehead atoms. The third kappa shape index (κ3) is 11.4. The molecule has 5 atom stereocenters. The average molecular weight is 682 g/mol. The molecule has 3 aliphatic rings. The number of morpholine rings is 1. The van der Waals surface area contributed by atoms with Gasteiger partial charge in [0.05, 0.1) is 44.1 Å². The topological polar surface area (TPSA) is 139 Å². The van der Waals surface area contributed by atoms with E-state index in [4.69, 9.17) is 18.9 Å². The van der Waals surface area contributed by atoms with Crippen molar-refractivity contribution >= 4 is 12.0 Å². The summed E-state index contributed by atoms with van der Waals surface area (Å²) in [7, 11) is 1.54. The van der Waals surface area contributed by atoms with Crippen molar-refractivity contribution < 1.29 is 38.7 Å². The van der Waals surface area contributed by atoms with Gasteiger partial charge in [0.1, 0.15) is 19.0 Å². The third-order valence-electron chi connectivity index (χ3n) is 10.2. The molecule has 11 nitrogen and oxygen atoms in total. The van der Waals surface area contributed by atoms with Crippen molar-refractivity contribution in [3.05, 3.63) is 65.2 Å². The molecular weight excluding hydrogens is 626 g/mol. The predicted molar refractivity (Wildman–Crippen MR) is 185 cm³/mol. The minimum Gasteiger partial charge on any atom is -0.492 e. The number of benzene rings is 2. The number of carbonyl (C=O) groups is 2. The number of nitrogens with one attached hydrogen (secondary N) is 2. The van der Waals surface area contributed by atoms with E-state index in [1.165, 1.54) is 6.42 Å². The molecular formula is C38H55N3O8. The largest absolute Gasteiger partial charge is 0.492 e. The number of alkyl carbamates (subject to hydrolysis) is 1. The highest BCUT2D eigenvalue weighted by molar-refractivity contribution is 5.80. The maximum absolute atomic E-state index is 14.1. The summed E-state index contributed by atoms with van der Waals surface area (Å²) >= 11 is 0. The van der Waals surface area contributed by atoms with E-state index >= 15 is 0 Å². The van der Waals surface area contributed by atoms with Crippen molar-refractivity contribution in [2.75, 3.05) is 59.8 Å². The fraction of sp³-hybridized carbons (Fsp3) is 0.632. The van der Waals surface area contributed by atoms with E-state index in [2.05, 4.69) is 15.5 Å². The van der Waals surface area contributed by atoms with Crippen molar-refractivity contribution in [2.24, 2.45) is 11.8 Å². The Balaban J connectivity index is 1.27. The standard InChI is InChI=1S/C38H55N3O8/c1-46-21-22-49-38(45)39-33(24-27-7-3-2-4-8-27)34(42)26-30(37(44)40-36-32-10-6-5-9-29(32)25-35(36)43)23-28-11-13-31(14-12-28)48-20-17-41-15-18-47-19-16-41/h5-6,9-14,27,30,33-36,42-43H,2-4,7-8,15-26H2,1H3,(H,39,45)(H,40,44)/t30-,33+,34+,35-,36+/m1/s1. The van der Waals surface area contributed by atoms with E-state index in [0.717, 1.165) is 81.0 Å². The van der Waals surface area contributed by atoms with Gasteiger partial charge in [0, 0.05) is 39.1 Å². The molecule has 4 N–H and O–H groups in total. The number of hydrogen-bond donors (Lipinski definition) is 4. The number of hydrogen-bond acceptors (Lipinski definition) is 9. The Kier molecular flexibility index (Phi) is 14.6. The zero-order chi connectivity index (χ0) is 34.4. The summed E-state index contributed by atoms with van der Waals surface area (Å²) in [5.74, 6) is 0.265. The Morgan fingerprint density at radius 3 is 2.51 bits per heavy atom. The van der Waals surface area contributed by atoms with Gasteiger partial charge in [-0.25, -0.2) is 4.79 Å². The van der Waals surface area contributed by atoms with Gasteiger partial charge in [-0.2, -0.15) is 0 Å². The van der Waals surface area contributed by atoms with Crippen molar-refractivity contribution in [1.82, 2.24) is 15.5 Å². The van der Waals surface area contributed by atoms with Crippen LogP contribution in [0.25, 0.3) is 0 Å². The van der Waals surface area contributed by atoms with E-state index in [-0.39, 0.29) is 25.5 Å². The quantitative estimate of drug-likeness (QED) is 0.184. The molecule has 0 unspecified atom stereocenters. The van der Waals surface area contributed by atoms with Crippen LogP contribution in [0.3, 0.4) is 0 Å². The number of aliphatic hydroxyl groups excluding tert-OH is 2. The van der Waals surface area contributed by atoms with Gasteiger partial charge in [0.15, 0.2) is 0 Å². The highest BCUT2D eigenvalue weighted by Gasteiger charge is 2.36. The normalized spacial score (nSPS) is 21.7. The Hall–Kier alpha value is -3.22. The fourth-order valence-corrected chi connectivity index (χ4v) is 7.39. The smallest absolute Gasteiger partial charge is 0.407 e. The lowest BCUT2D eigenvalue weighted by molar-refractivity contribution is -0.127. The third-order valence-corrected chi connectivity index (χ3v) is 10.2. The van der Waals surface area contributed by atoms with Gasteiger partial charge in [0.2, 0.25) is 5.91 Å². The zero-order valence-corrected chi connectivity index (χ0v) is 28.9. The van der Waals surface area contributed by atoms with E-state index in [0.29, 0.717) is 31.8 Å². The van der Waals surface area contributed by atoms with Crippen molar-refractivity contribution in [2.45, 2.75) is 82.1 Å². The molecule has 0 radical (unpaired) electrons. The number of aliphatic hydroxyl groups is 2. The number of ether oxygens (including phenoxy) is 4. The Morgan fingerprint density at radius 1 is 1.00 bits per heavy atom. The van der Waals surface area contributed by atoms with Crippen LogP contribution in [-0.2, 0) is 31.8 Å². The van der Waals surface area contributed by atoms with Crippen molar-refractivity contribution in [3.63, 3.8) is 0 Å². The van der Waals surface area contributed by atoms with Crippen LogP contribution >= 0.6 is 0 Å². The first-order chi connectivity index (χ1) is 23.9. The molecule has 2 fully saturated rings. The van der Waals surface area contributed by atoms with E-state index in [1.54, 1.807) is 7.11 Å². The molecule has 1 heterocycles. The van der Waals surface area contributed by atoms with Crippen LogP contribution in [0.1, 0.15) is 67.7 Å². The number of carbonyl (C=O) groups excluding carboxylic acids is 2. The first kappa shape index (κ1) is 37.0. The summed E-state index contributed by atoms with van der Waals surface area (Å²) < 4.78 is 21.7. The SMILES string of the molecule is COCCOC(=O)N[C@@H](CC1CCCCC1)[C@@H](O)C[C@@H](Cc1ccc(OCCN2CCOCC2)cc1)C(=O)N[C@H]1c2ccccc2C[C@H]1O. The Labute approximate surface area is 290 Å². The fourth-order valence-electron chi connectivity index (χ4n) is 7.39. The molecule has 11 heteroatoms. The summed E-state index contributed by atoms with van der Waals surface area (Å²) in [5.41, 5.74) is 2.86. The summed E-state index contributed by atoms with van der Waals surface area (Å²) in [6.45, 7) is 5.11. The van der Waals surface area contributed by atoms with Crippen LogP contribution in [0, 0.1) is 11.8 Å². The maximum atomic E-state index is 14.1. The lowest BCUT2D eigenvalue weighted by Gasteiger charge is -2.32. The van der Waals surface area contributed by atoms with E-state index in [9.17, 15) is 19.8 Å². The Morgan fingerprint density at radius 2 is 1.76 bits per heavy atom. The first-order valence-electron chi connectivity index (χ1n) is 18.1. The lowest BCUT2D eigenvalue weighted by atomic mass is 9.82. The second-order valence-corrected chi connectivity index (χ2v) is 13.7. The monoisotopic (exact) mass is 681 g/mol. The summed E-state index contributed by atoms with van der Waals surface area (Å²) in [6.07, 6.45) is 4.82. The van der Waals surface area contributed by atoms with Gasteiger partial charge in [-0.05, 0) is 54.0 Å². The second-order valence-electron chi connectivity index (χ2n) is 13.7. The van der Waals surface area contributed by atoms with Gasteiger partial charge in [-0.3, -0.25) is 9.69 Å². The number of nitrogens with zero attached hydrogens (tertiary/aromatic N) is 1. The zero-order valence-electron chi connectivity index (χ0n) is 28.9. The maximum Gasteiger partial charge on any atom is 0.407 e. The van der Waals surface area contributed by atoms with Gasteiger partial charge in [-0.15, -0.1) is 0 Å². The number of amides is 2. The van der Waals surface area contributed by atoms with Gasteiger partial charge >= 0.3 is 6.09 Å². The van der Waals surface area contributed by atoms with Crippen molar-refractivity contribution in [3.8, 4) is 5.75 Å². The van der Waals surface area contributed by atoms with Crippen molar-refractivity contribution in [1.29, 1.82) is 0 Å². The minimum absolute atomic E-state index is 0.109. The molecule has 1 saturated heterocycles. The average Bonchev–Trinajstić information content (AvgIpc) is 3.43. The molecule has 2 aromatic rings. The summed E-state index contributed by atoms with van der Waals surface area (Å²) in [6, 6.07) is 14.4. The summed E-state index contributed by atoms with van der Waals surface area (Å²) in [5, 5.41) is 28.6.